The second-order valence-electron chi connectivity index (χ2n) is 6.92. The third-order valence-corrected chi connectivity index (χ3v) is 5.85. The van der Waals surface area contributed by atoms with Crippen molar-refractivity contribution in [1.29, 1.82) is 0 Å². The summed E-state index contributed by atoms with van der Waals surface area (Å²) in [6.45, 7) is 3.47. The number of rotatable bonds is 7. The van der Waals surface area contributed by atoms with Gasteiger partial charge in [-0.2, -0.15) is 13.2 Å². The Bertz CT molecular complexity index is 1110. The predicted octanol–water partition coefficient (Wildman–Crippen LogP) is 3.94. The van der Waals surface area contributed by atoms with Gasteiger partial charge >= 0.3 is 5.51 Å². The van der Waals surface area contributed by atoms with Crippen LogP contribution in [0.4, 0.5) is 17.6 Å². The van der Waals surface area contributed by atoms with Gasteiger partial charge < -0.3 is 0 Å². The molecule has 0 fully saturated rings. The Morgan fingerprint density at radius 3 is 2.37 bits per heavy atom. The van der Waals surface area contributed by atoms with Crippen LogP contribution in [0.5, 0.6) is 0 Å². The molecule has 1 N–H and O–H groups in total. The number of sulfone groups is 1. The summed E-state index contributed by atoms with van der Waals surface area (Å²) in [7, 11) is -3.87. The van der Waals surface area contributed by atoms with Crippen LogP contribution < -0.4 is 5.56 Å². The molecule has 1 heterocycles. The van der Waals surface area contributed by atoms with Crippen LogP contribution in [0.2, 0.25) is 0 Å². The Kier molecular flexibility index (Phi) is 7.12. The molecule has 0 spiro atoms. The average molecular weight is 466 g/mol. The van der Waals surface area contributed by atoms with Crippen molar-refractivity contribution in [3.63, 3.8) is 0 Å². The van der Waals surface area contributed by atoms with Gasteiger partial charge in [-0.1, -0.05) is 19.9 Å². The van der Waals surface area contributed by atoms with Crippen molar-refractivity contribution in [3.05, 3.63) is 51.7 Å². The van der Waals surface area contributed by atoms with E-state index < -0.39 is 60.2 Å². The molecule has 0 unspecified atom stereocenters. The molecule has 1 aromatic heterocycles. The number of carbonyl (C=O) groups excluding carboxylic acids is 1. The molecule has 0 radical (unpaired) electrons. The molecular weight excluding hydrogens is 448 g/mol. The van der Waals surface area contributed by atoms with Crippen LogP contribution in [0.15, 0.2) is 39.1 Å². The van der Waals surface area contributed by atoms with Gasteiger partial charge in [0.25, 0.3) is 5.56 Å². The van der Waals surface area contributed by atoms with Crippen LogP contribution in [-0.2, 0) is 9.84 Å². The van der Waals surface area contributed by atoms with Gasteiger partial charge in [0.1, 0.15) is 11.5 Å². The highest BCUT2D eigenvalue weighted by molar-refractivity contribution is 8.00. The molecule has 0 aliphatic heterocycles. The summed E-state index contributed by atoms with van der Waals surface area (Å²) in [6.07, 6.45) is 0.572. The molecule has 6 nitrogen and oxygen atoms in total. The number of thioether (sulfide) groups is 1. The number of nitrogens with one attached hydrogen (secondary N) is 1. The van der Waals surface area contributed by atoms with Crippen molar-refractivity contribution in [2.24, 2.45) is 5.92 Å². The number of halogens is 4. The summed E-state index contributed by atoms with van der Waals surface area (Å²) in [6, 6.07) is 4.11. The molecule has 30 heavy (non-hydrogen) atoms. The van der Waals surface area contributed by atoms with E-state index >= 15 is 0 Å². The van der Waals surface area contributed by atoms with E-state index in [2.05, 4.69) is 4.98 Å². The lowest BCUT2D eigenvalue weighted by molar-refractivity contribution is -0.0329. The van der Waals surface area contributed by atoms with Gasteiger partial charge in [0.05, 0.1) is 4.90 Å². The Morgan fingerprint density at radius 1 is 1.23 bits per heavy atom. The number of hydrogen-bond donors (Lipinski definition) is 1. The first-order chi connectivity index (χ1) is 13.7. The van der Waals surface area contributed by atoms with Gasteiger partial charge in [0.15, 0.2) is 5.78 Å². The fourth-order valence-electron chi connectivity index (χ4n) is 2.75. The van der Waals surface area contributed by atoms with E-state index in [0.29, 0.717) is 5.56 Å². The minimum absolute atomic E-state index is 0.217. The van der Waals surface area contributed by atoms with E-state index in [1.165, 1.54) is 6.07 Å². The van der Waals surface area contributed by atoms with Crippen LogP contribution in [0, 0.1) is 11.7 Å². The molecule has 12 heteroatoms. The average Bonchev–Trinajstić information content (AvgIpc) is 2.58. The Balaban J connectivity index is 2.35. The number of Topliss-reactive ketones (excluding diaryl/α,β-unsaturated/α-hetero) is 1. The van der Waals surface area contributed by atoms with Gasteiger partial charge in [0, 0.05) is 18.7 Å². The van der Waals surface area contributed by atoms with E-state index in [1.807, 2.05) is 4.98 Å². The standard InChI is InChI=1S/C18H18F4N2O4S2/c1-9(2)11(10-4-5-15(12(19)6-10)29-18(20,21)22)7-14(25)13-8-16(26)24-17(23-13)30(3,27)28/h4-6,8-9,11H,7H2,1-3H3,(H,23,24,26)/t11-/m1/s1. The molecule has 0 saturated heterocycles. The van der Waals surface area contributed by atoms with Gasteiger partial charge in [0.2, 0.25) is 15.0 Å². The number of alkyl halides is 3. The van der Waals surface area contributed by atoms with Crippen molar-refractivity contribution in [2.75, 3.05) is 6.26 Å². The number of benzene rings is 1. The Hall–Kier alpha value is -2.21. The summed E-state index contributed by atoms with van der Waals surface area (Å²) in [5, 5.41) is -0.654. The summed E-state index contributed by atoms with van der Waals surface area (Å²) < 4.78 is 74.9. The fourth-order valence-corrected chi connectivity index (χ4v) is 3.84. The summed E-state index contributed by atoms with van der Waals surface area (Å²) in [5.41, 5.74) is -5.53. The van der Waals surface area contributed by atoms with E-state index in [-0.39, 0.29) is 18.0 Å². The maximum absolute atomic E-state index is 14.2. The zero-order valence-electron chi connectivity index (χ0n) is 16.1. The van der Waals surface area contributed by atoms with Crippen molar-refractivity contribution in [3.8, 4) is 0 Å². The van der Waals surface area contributed by atoms with E-state index in [9.17, 15) is 35.6 Å². The second-order valence-corrected chi connectivity index (χ2v) is 9.96. The number of hydrogen-bond acceptors (Lipinski definition) is 6. The molecule has 2 rings (SSSR count). The zero-order valence-corrected chi connectivity index (χ0v) is 17.7. The van der Waals surface area contributed by atoms with Crippen molar-refractivity contribution in [1.82, 2.24) is 9.97 Å². The molecule has 0 saturated carbocycles. The lowest BCUT2D eigenvalue weighted by atomic mass is 9.84. The minimum Gasteiger partial charge on any atom is -0.297 e. The summed E-state index contributed by atoms with van der Waals surface area (Å²) in [5.74, 6) is -2.54. The van der Waals surface area contributed by atoms with Crippen molar-refractivity contribution < 1.29 is 30.8 Å². The van der Waals surface area contributed by atoms with Gasteiger partial charge in [-0.15, -0.1) is 0 Å². The summed E-state index contributed by atoms with van der Waals surface area (Å²) >= 11 is -0.575. The first kappa shape index (κ1) is 24.1. The first-order valence-electron chi connectivity index (χ1n) is 8.57. The molecule has 0 bridgehead atoms. The fraction of sp³-hybridized carbons (Fsp3) is 0.389. The number of ketones is 1. The van der Waals surface area contributed by atoms with Crippen molar-refractivity contribution in [2.45, 2.75) is 41.7 Å². The predicted molar refractivity (Wildman–Crippen MR) is 103 cm³/mol. The quantitative estimate of drug-likeness (QED) is 0.287. The van der Waals surface area contributed by atoms with Gasteiger partial charge in [-0.3, -0.25) is 14.6 Å². The van der Waals surface area contributed by atoms with Crippen LogP contribution >= 0.6 is 11.8 Å². The van der Waals surface area contributed by atoms with Crippen LogP contribution in [0.25, 0.3) is 0 Å². The maximum Gasteiger partial charge on any atom is 0.446 e. The van der Waals surface area contributed by atoms with Crippen molar-refractivity contribution >= 4 is 27.4 Å². The second kappa shape index (κ2) is 8.88. The number of aromatic nitrogens is 2. The third-order valence-electron chi connectivity index (χ3n) is 4.18. The Morgan fingerprint density at radius 2 is 1.87 bits per heavy atom. The molecule has 1 atom stereocenters. The molecule has 0 aliphatic carbocycles. The highest BCUT2D eigenvalue weighted by Gasteiger charge is 2.31. The van der Waals surface area contributed by atoms with Crippen LogP contribution in [0.3, 0.4) is 0 Å². The number of carbonyl (C=O) groups is 1. The summed E-state index contributed by atoms with van der Waals surface area (Å²) in [4.78, 5) is 29.5. The molecule has 164 valence electrons. The van der Waals surface area contributed by atoms with Crippen LogP contribution in [0.1, 0.15) is 42.2 Å². The third kappa shape index (κ3) is 6.39. The lowest BCUT2D eigenvalue weighted by Gasteiger charge is -2.21. The SMILES string of the molecule is CC(C)[C@@H](CC(=O)c1cc(=O)[nH]c(S(C)(=O)=O)n1)c1ccc(SC(F)(F)F)c(F)c1. The topological polar surface area (TPSA) is 97.0 Å². The maximum atomic E-state index is 14.2. The van der Waals surface area contributed by atoms with Crippen LogP contribution in [-0.4, -0.2) is 35.9 Å². The highest BCUT2D eigenvalue weighted by Crippen LogP contribution is 2.39. The molecular formula is C18H18F4N2O4S2. The highest BCUT2D eigenvalue weighted by atomic mass is 32.2. The largest absolute Gasteiger partial charge is 0.446 e. The minimum atomic E-state index is -4.64. The molecule has 2 aromatic rings. The normalized spacial score (nSPS) is 13.5. The van der Waals surface area contributed by atoms with E-state index in [0.717, 1.165) is 24.5 Å². The molecule has 0 aliphatic rings. The first-order valence-corrected chi connectivity index (χ1v) is 11.3. The zero-order chi connectivity index (χ0) is 22.9. The number of aromatic amines is 1. The number of nitrogens with zero attached hydrogens (tertiary/aromatic N) is 1. The Labute approximate surface area is 174 Å². The monoisotopic (exact) mass is 466 g/mol. The lowest BCUT2D eigenvalue weighted by Crippen LogP contribution is -2.20. The smallest absolute Gasteiger partial charge is 0.297 e. The van der Waals surface area contributed by atoms with E-state index in [4.69, 9.17) is 0 Å². The van der Waals surface area contributed by atoms with E-state index in [1.54, 1.807) is 13.8 Å². The number of H-pyrrole nitrogens is 1. The molecule has 0 amide bonds. The molecule has 1 aromatic carbocycles. The van der Waals surface area contributed by atoms with Gasteiger partial charge in [-0.25, -0.2) is 17.8 Å². The van der Waals surface area contributed by atoms with Gasteiger partial charge in [-0.05, 0) is 41.3 Å².